The van der Waals surface area contributed by atoms with E-state index in [0.29, 0.717) is 22.6 Å². The van der Waals surface area contributed by atoms with Gasteiger partial charge in [-0.2, -0.15) is 5.10 Å². The fourth-order valence-corrected chi connectivity index (χ4v) is 3.15. The van der Waals surface area contributed by atoms with Crippen LogP contribution in [0.25, 0.3) is 10.8 Å². The van der Waals surface area contributed by atoms with Crippen LogP contribution in [0, 0.1) is 0 Å². The second-order valence-corrected chi connectivity index (χ2v) is 7.10. The minimum absolute atomic E-state index is 0.121. The van der Waals surface area contributed by atoms with Gasteiger partial charge >= 0.3 is 5.97 Å². The maximum Gasteiger partial charge on any atom is 0.343 e. The zero-order valence-corrected chi connectivity index (χ0v) is 17.7. The number of carbonyl (C=O) groups excluding carboxylic acids is 2. The molecule has 4 rings (SSSR count). The number of carbonyl (C=O) groups is 2. The minimum atomic E-state index is -0.528. The van der Waals surface area contributed by atoms with Gasteiger partial charge in [0.25, 0.3) is 5.91 Å². The number of aromatic hydroxyl groups is 1. The van der Waals surface area contributed by atoms with E-state index in [0.717, 1.165) is 10.8 Å². The monoisotopic (exact) mass is 440 g/mol. The van der Waals surface area contributed by atoms with Crippen molar-refractivity contribution in [3.05, 3.63) is 102 Å². The van der Waals surface area contributed by atoms with E-state index in [1.54, 1.807) is 67.8 Å². The molecule has 2 N–H and O–H groups in total. The summed E-state index contributed by atoms with van der Waals surface area (Å²) in [4.78, 5) is 24.6. The zero-order chi connectivity index (χ0) is 23.2. The van der Waals surface area contributed by atoms with Crippen molar-refractivity contribution >= 4 is 28.9 Å². The number of phenolic OH excluding ortho intramolecular Hbond substituents is 1. The lowest BCUT2D eigenvalue weighted by Crippen LogP contribution is -2.17. The summed E-state index contributed by atoms with van der Waals surface area (Å²) in [7, 11) is 1.55. The van der Waals surface area contributed by atoms with Gasteiger partial charge in [0, 0.05) is 0 Å². The predicted octanol–water partition coefficient (Wildman–Crippen LogP) is 4.54. The molecule has 164 valence electrons. The Bertz CT molecular complexity index is 1330. The van der Waals surface area contributed by atoms with Crippen LogP contribution in [0.1, 0.15) is 26.3 Å². The molecule has 0 unspecified atom stereocenters. The van der Waals surface area contributed by atoms with E-state index < -0.39 is 11.9 Å². The second kappa shape index (κ2) is 9.65. The highest BCUT2D eigenvalue weighted by Crippen LogP contribution is 2.25. The number of phenols is 1. The van der Waals surface area contributed by atoms with Crippen LogP contribution in [0.15, 0.2) is 90.0 Å². The number of rotatable bonds is 6. The number of fused-ring (bicyclic) bond motifs is 1. The summed E-state index contributed by atoms with van der Waals surface area (Å²) < 4.78 is 10.4. The molecule has 4 aromatic carbocycles. The van der Waals surface area contributed by atoms with Gasteiger partial charge in [0.05, 0.1) is 24.5 Å². The summed E-state index contributed by atoms with van der Waals surface area (Å²) in [6, 6.07) is 23.8. The third-order valence-electron chi connectivity index (χ3n) is 4.90. The fourth-order valence-electron chi connectivity index (χ4n) is 3.15. The van der Waals surface area contributed by atoms with Gasteiger partial charge in [-0.1, -0.05) is 24.3 Å². The number of hydrogen-bond acceptors (Lipinski definition) is 6. The molecular weight excluding hydrogens is 420 g/mol. The first kappa shape index (κ1) is 21.6. The summed E-state index contributed by atoms with van der Waals surface area (Å²) >= 11 is 0. The van der Waals surface area contributed by atoms with Crippen molar-refractivity contribution < 1.29 is 24.2 Å². The number of hydrazone groups is 1. The highest BCUT2D eigenvalue weighted by molar-refractivity contribution is 6.01. The van der Waals surface area contributed by atoms with E-state index in [-0.39, 0.29) is 11.3 Å². The number of esters is 1. The van der Waals surface area contributed by atoms with Crippen LogP contribution in [0.3, 0.4) is 0 Å². The molecular formula is C26H20N2O5. The predicted molar refractivity (Wildman–Crippen MR) is 125 cm³/mol. The third kappa shape index (κ3) is 5.16. The summed E-state index contributed by atoms with van der Waals surface area (Å²) in [6.45, 7) is 0. The van der Waals surface area contributed by atoms with Crippen LogP contribution >= 0.6 is 0 Å². The van der Waals surface area contributed by atoms with E-state index >= 15 is 0 Å². The van der Waals surface area contributed by atoms with Crippen LogP contribution in [0.2, 0.25) is 0 Å². The Balaban J connectivity index is 1.36. The molecule has 0 aromatic heterocycles. The first-order valence-corrected chi connectivity index (χ1v) is 10.0. The van der Waals surface area contributed by atoms with Crippen LogP contribution in [-0.2, 0) is 0 Å². The maximum absolute atomic E-state index is 12.4. The summed E-state index contributed by atoms with van der Waals surface area (Å²) in [5.41, 5.74) is 3.62. The highest BCUT2D eigenvalue weighted by atomic mass is 16.5. The lowest BCUT2D eigenvalue weighted by molar-refractivity contribution is 0.0734. The molecule has 0 atom stereocenters. The van der Waals surface area contributed by atoms with Gasteiger partial charge in [0.15, 0.2) is 0 Å². The lowest BCUT2D eigenvalue weighted by Gasteiger charge is -2.06. The molecule has 33 heavy (non-hydrogen) atoms. The van der Waals surface area contributed by atoms with Crippen LogP contribution in [0.5, 0.6) is 17.2 Å². The quantitative estimate of drug-likeness (QED) is 0.199. The van der Waals surface area contributed by atoms with Crippen LogP contribution in [0.4, 0.5) is 0 Å². The Morgan fingerprint density at radius 2 is 1.52 bits per heavy atom. The number of nitrogens with one attached hydrogen (secondary N) is 1. The molecule has 0 radical (unpaired) electrons. The molecule has 0 bridgehead atoms. The molecule has 0 aliphatic carbocycles. The zero-order valence-electron chi connectivity index (χ0n) is 17.7. The van der Waals surface area contributed by atoms with Crippen molar-refractivity contribution in [3.63, 3.8) is 0 Å². The Hall–Kier alpha value is -4.65. The maximum atomic E-state index is 12.4. The second-order valence-electron chi connectivity index (χ2n) is 7.10. The number of nitrogens with zero attached hydrogens (tertiary/aromatic N) is 1. The van der Waals surface area contributed by atoms with Crippen molar-refractivity contribution in [1.29, 1.82) is 0 Å². The van der Waals surface area contributed by atoms with Gasteiger partial charge in [-0.15, -0.1) is 0 Å². The molecule has 7 nitrogen and oxygen atoms in total. The van der Waals surface area contributed by atoms with Gasteiger partial charge in [0.2, 0.25) is 0 Å². The Morgan fingerprint density at radius 1 is 0.879 bits per heavy atom. The van der Waals surface area contributed by atoms with E-state index in [1.165, 1.54) is 6.21 Å². The topological polar surface area (TPSA) is 97.2 Å². The molecule has 0 aliphatic heterocycles. The largest absolute Gasteiger partial charge is 0.507 e. The fraction of sp³-hybridized carbons (Fsp3) is 0.0385. The molecule has 4 aromatic rings. The number of benzene rings is 4. The number of hydrogen-bond donors (Lipinski definition) is 2. The molecule has 7 heteroatoms. The van der Waals surface area contributed by atoms with Gasteiger partial charge < -0.3 is 14.6 Å². The van der Waals surface area contributed by atoms with Crippen molar-refractivity contribution in [2.75, 3.05) is 7.11 Å². The Labute approximate surface area is 189 Å². The first-order valence-electron chi connectivity index (χ1n) is 10.0. The van der Waals surface area contributed by atoms with Crippen molar-refractivity contribution in [2.24, 2.45) is 5.10 Å². The lowest BCUT2D eigenvalue weighted by atomic mass is 10.1. The highest BCUT2D eigenvalue weighted by Gasteiger charge is 2.12. The average molecular weight is 440 g/mol. The van der Waals surface area contributed by atoms with Crippen LogP contribution < -0.4 is 14.9 Å². The molecule has 0 saturated carbocycles. The van der Waals surface area contributed by atoms with E-state index in [2.05, 4.69) is 10.5 Å². The van der Waals surface area contributed by atoms with Crippen molar-refractivity contribution in [1.82, 2.24) is 5.43 Å². The average Bonchev–Trinajstić information content (AvgIpc) is 2.84. The van der Waals surface area contributed by atoms with Gasteiger partial charge in [0.1, 0.15) is 17.2 Å². The summed E-state index contributed by atoms with van der Waals surface area (Å²) in [6.07, 6.45) is 1.45. The molecule has 1 amide bonds. The first-order chi connectivity index (χ1) is 16.0. The Morgan fingerprint density at radius 3 is 2.18 bits per heavy atom. The van der Waals surface area contributed by atoms with Gasteiger partial charge in [-0.3, -0.25) is 4.79 Å². The van der Waals surface area contributed by atoms with Gasteiger partial charge in [-0.25, -0.2) is 10.2 Å². The Kier molecular flexibility index (Phi) is 6.31. The van der Waals surface area contributed by atoms with Crippen molar-refractivity contribution in [3.8, 4) is 17.2 Å². The SMILES string of the molecule is COc1ccc(C(=O)Oc2ccc(C=NNC(=O)c3cc4ccccc4cc3O)cc2)cc1. The smallest absolute Gasteiger partial charge is 0.343 e. The third-order valence-corrected chi connectivity index (χ3v) is 4.90. The number of methoxy groups -OCH3 is 1. The molecule has 0 aliphatic rings. The van der Waals surface area contributed by atoms with Crippen molar-refractivity contribution in [2.45, 2.75) is 0 Å². The summed E-state index contributed by atoms with van der Waals surface area (Å²) in [5.74, 6) is -0.110. The van der Waals surface area contributed by atoms with Gasteiger partial charge in [-0.05, 0) is 77.0 Å². The standard InChI is InChI=1S/C26H20N2O5/c1-32-21-12-8-18(9-13-21)26(31)33-22-10-6-17(7-11-22)16-27-28-25(30)23-14-19-4-2-3-5-20(19)15-24(23)29/h2-16,29H,1H3,(H,28,30). The minimum Gasteiger partial charge on any atom is -0.507 e. The molecule has 0 spiro atoms. The van der Waals surface area contributed by atoms with Crippen LogP contribution in [-0.4, -0.2) is 30.3 Å². The normalized spacial score (nSPS) is 10.8. The number of ether oxygens (including phenoxy) is 2. The number of amides is 1. The molecule has 0 fully saturated rings. The molecule has 0 heterocycles. The summed E-state index contributed by atoms with van der Waals surface area (Å²) in [5, 5.41) is 15.8. The molecule has 0 saturated heterocycles. The van der Waals surface area contributed by atoms with E-state index in [9.17, 15) is 14.7 Å². The van der Waals surface area contributed by atoms with E-state index in [4.69, 9.17) is 9.47 Å². The van der Waals surface area contributed by atoms with E-state index in [1.807, 2.05) is 24.3 Å².